The summed E-state index contributed by atoms with van der Waals surface area (Å²) in [7, 11) is -4.43. The van der Waals surface area contributed by atoms with Crippen LogP contribution < -0.4 is 0 Å². The minimum atomic E-state index is -4.43. The highest BCUT2D eigenvalue weighted by Crippen LogP contribution is 2.68. The van der Waals surface area contributed by atoms with Crippen LogP contribution in [0.5, 0.6) is 0 Å². The Kier molecular flexibility index (Phi) is 5.98. The van der Waals surface area contributed by atoms with Crippen molar-refractivity contribution in [1.29, 1.82) is 0 Å². The predicted molar refractivity (Wildman–Crippen MR) is 118 cm³/mol. The van der Waals surface area contributed by atoms with Crippen molar-refractivity contribution in [2.24, 2.45) is 28.6 Å². The Labute approximate surface area is 187 Å². The van der Waals surface area contributed by atoms with E-state index in [4.69, 9.17) is 13.5 Å². The molecule has 0 heterocycles. The summed E-state index contributed by atoms with van der Waals surface area (Å²) in [6, 6.07) is 0. The first-order chi connectivity index (χ1) is 14.5. The molecule has 0 aliphatic heterocycles. The molecule has 4 rings (SSSR count). The van der Waals surface area contributed by atoms with E-state index in [1.165, 1.54) is 5.57 Å². The minimum absolute atomic E-state index is 0.0368. The molecule has 0 saturated heterocycles. The number of rotatable bonds is 6. The molecule has 3 saturated carbocycles. The molecule has 7 atom stereocenters. The first kappa shape index (κ1) is 23.4. The fraction of sp³-hybridized carbons (Fsp3) is 0.875. The third kappa shape index (κ3) is 3.64. The molecule has 176 valence electrons. The molecule has 0 radical (unpaired) electrons. The molecule has 4 aliphatic rings. The van der Waals surface area contributed by atoms with Gasteiger partial charge in [-0.1, -0.05) is 32.4 Å². The molecule has 0 amide bonds. The van der Waals surface area contributed by atoms with E-state index in [0.717, 1.165) is 44.9 Å². The van der Waals surface area contributed by atoms with Gasteiger partial charge in [-0.2, -0.15) is 8.42 Å². The number of hydrogen-bond donors (Lipinski definition) is 1. The highest BCUT2D eigenvalue weighted by Gasteiger charge is 2.66. The van der Waals surface area contributed by atoms with Crippen LogP contribution in [-0.2, 0) is 24.1 Å². The third-order valence-electron chi connectivity index (χ3n) is 9.56. The van der Waals surface area contributed by atoms with Gasteiger partial charge in [0.1, 0.15) is 5.60 Å². The van der Waals surface area contributed by atoms with E-state index in [-0.39, 0.29) is 16.6 Å². The van der Waals surface area contributed by atoms with E-state index < -0.39 is 22.1 Å². The van der Waals surface area contributed by atoms with Gasteiger partial charge >= 0.3 is 10.4 Å². The second kappa shape index (κ2) is 7.93. The molecule has 31 heavy (non-hydrogen) atoms. The Morgan fingerprint density at radius 2 is 1.87 bits per heavy atom. The summed E-state index contributed by atoms with van der Waals surface area (Å²) in [5.74, 6) is 1.71. The van der Waals surface area contributed by atoms with Gasteiger partial charge in [0.05, 0.1) is 6.10 Å². The summed E-state index contributed by atoms with van der Waals surface area (Å²) in [4.78, 5) is 12.9. The SMILES string of the molecule is CCCO[C@]1(C(C)=O)CC[C@H]2[C@@H]3CC=C4CC(OS(=O)(=O)O)CC[C@]4(C)[C@H]3CC[C@@]21C. The molecule has 3 fully saturated rings. The molecule has 0 aromatic carbocycles. The van der Waals surface area contributed by atoms with E-state index in [9.17, 15) is 13.2 Å². The lowest BCUT2D eigenvalue weighted by atomic mass is 9.46. The highest BCUT2D eigenvalue weighted by molar-refractivity contribution is 7.80. The zero-order chi connectivity index (χ0) is 22.7. The zero-order valence-corrected chi connectivity index (χ0v) is 20.2. The van der Waals surface area contributed by atoms with Gasteiger partial charge in [0.25, 0.3) is 0 Å². The average Bonchev–Trinajstić information content (AvgIpc) is 2.99. The van der Waals surface area contributed by atoms with Gasteiger partial charge in [-0.3, -0.25) is 9.35 Å². The van der Waals surface area contributed by atoms with Crippen molar-refractivity contribution in [1.82, 2.24) is 0 Å². The molecule has 1 N–H and O–H groups in total. The van der Waals surface area contributed by atoms with Gasteiger partial charge in [-0.05, 0) is 87.9 Å². The first-order valence-corrected chi connectivity index (χ1v) is 13.3. The van der Waals surface area contributed by atoms with Crippen molar-refractivity contribution in [2.45, 2.75) is 97.2 Å². The van der Waals surface area contributed by atoms with Gasteiger partial charge in [0.2, 0.25) is 0 Å². The van der Waals surface area contributed by atoms with E-state index >= 15 is 0 Å². The van der Waals surface area contributed by atoms with Gasteiger partial charge in [0.15, 0.2) is 5.78 Å². The quantitative estimate of drug-likeness (QED) is 0.454. The summed E-state index contributed by atoms with van der Waals surface area (Å²) >= 11 is 0. The number of hydrogen-bond acceptors (Lipinski definition) is 5. The van der Waals surface area contributed by atoms with Gasteiger partial charge in [-0.25, -0.2) is 4.18 Å². The minimum Gasteiger partial charge on any atom is -0.367 e. The monoisotopic (exact) mass is 454 g/mol. The number of ether oxygens (including phenoxy) is 1. The van der Waals surface area contributed by atoms with Crippen LogP contribution in [0.4, 0.5) is 0 Å². The average molecular weight is 455 g/mol. The lowest BCUT2D eigenvalue weighted by Gasteiger charge is -2.59. The number of fused-ring (bicyclic) bond motifs is 5. The zero-order valence-electron chi connectivity index (χ0n) is 19.4. The number of Topliss-reactive ketones (excluding diaryl/α,β-unsaturated/α-hetero) is 1. The summed E-state index contributed by atoms with van der Waals surface area (Å²) in [6.07, 6.45) is 9.72. The number of carbonyl (C=O) groups excluding carboxylic acids is 1. The van der Waals surface area contributed by atoms with E-state index in [0.29, 0.717) is 37.2 Å². The summed E-state index contributed by atoms with van der Waals surface area (Å²) in [5.41, 5.74) is 0.553. The summed E-state index contributed by atoms with van der Waals surface area (Å²) in [5, 5.41) is 0. The van der Waals surface area contributed by atoms with Gasteiger partial charge < -0.3 is 4.74 Å². The van der Waals surface area contributed by atoms with E-state index in [1.807, 2.05) is 0 Å². The maximum absolute atomic E-state index is 12.9. The lowest BCUT2D eigenvalue weighted by Crippen LogP contribution is -2.58. The maximum atomic E-state index is 12.9. The number of allylic oxidation sites excluding steroid dienone is 1. The van der Waals surface area contributed by atoms with Crippen LogP contribution in [0.3, 0.4) is 0 Å². The van der Waals surface area contributed by atoms with Crippen molar-refractivity contribution >= 4 is 16.2 Å². The molecule has 6 nitrogen and oxygen atoms in total. The molecular formula is C24H38O6S. The van der Waals surface area contributed by atoms with Crippen molar-refractivity contribution in [3.05, 3.63) is 11.6 Å². The van der Waals surface area contributed by atoms with Crippen LogP contribution in [0.1, 0.15) is 85.5 Å². The van der Waals surface area contributed by atoms with Gasteiger partial charge in [0, 0.05) is 12.0 Å². The predicted octanol–water partition coefficient (Wildman–Crippen LogP) is 4.89. The Morgan fingerprint density at radius 1 is 1.16 bits per heavy atom. The second-order valence-electron chi connectivity index (χ2n) is 10.9. The van der Waals surface area contributed by atoms with E-state index in [2.05, 4.69) is 26.8 Å². The van der Waals surface area contributed by atoms with E-state index in [1.54, 1.807) is 6.92 Å². The number of carbonyl (C=O) groups is 1. The molecule has 0 aromatic rings. The van der Waals surface area contributed by atoms with Crippen molar-refractivity contribution in [2.75, 3.05) is 6.61 Å². The van der Waals surface area contributed by atoms with Gasteiger partial charge in [-0.15, -0.1) is 0 Å². The van der Waals surface area contributed by atoms with Crippen LogP contribution in [0.2, 0.25) is 0 Å². The van der Waals surface area contributed by atoms with Crippen LogP contribution in [0.25, 0.3) is 0 Å². The smallest absolute Gasteiger partial charge is 0.367 e. The highest BCUT2D eigenvalue weighted by atomic mass is 32.3. The second-order valence-corrected chi connectivity index (χ2v) is 11.9. The Bertz CT molecular complexity index is 865. The van der Waals surface area contributed by atoms with Crippen molar-refractivity contribution < 1.29 is 26.7 Å². The first-order valence-electron chi connectivity index (χ1n) is 12.0. The van der Waals surface area contributed by atoms with Crippen molar-refractivity contribution in [3.8, 4) is 0 Å². The van der Waals surface area contributed by atoms with Crippen LogP contribution in [-0.4, -0.2) is 37.1 Å². The number of ketones is 1. The summed E-state index contributed by atoms with van der Waals surface area (Å²) < 4.78 is 42.8. The molecule has 0 aromatic heterocycles. The molecule has 7 heteroatoms. The Balaban J connectivity index is 1.60. The molecule has 0 bridgehead atoms. The molecule has 0 spiro atoms. The topological polar surface area (TPSA) is 89.9 Å². The Hall–Kier alpha value is -0.760. The fourth-order valence-corrected chi connectivity index (χ4v) is 8.58. The summed E-state index contributed by atoms with van der Waals surface area (Å²) in [6.45, 7) is 9.08. The molecule has 1 unspecified atom stereocenters. The van der Waals surface area contributed by atoms with Crippen LogP contribution in [0, 0.1) is 28.6 Å². The van der Waals surface area contributed by atoms with Crippen LogP contribution in [0.15, 0.2) is 11.6 Å². The standard InChI is InChI=1S/C24H38O6S/c1-5-14-29-24(16(2)25)13-10-21-19-7-6-17-15-18(30-31(26,27)28)8-11-22(17,3)20(19)9-12-23(21,24)4/h6,18-21H,5,7-15H2,1-4H3,(H,26,27,28)/t18?,19-,20+,21+,22+,23+,24+/m1/s1. The molecular weight excluding hydrogens is 416 g/mol. The lowest BCUT2D eigenvalue weighted by molar-refractivity contribution is -0.174. The largest absolute Gasteiger partial charge is 0.397 e. The fourth-order valence-electron chi connectivity index (χ4n) is 8.07. The maximum Gasteiger partial charge on any atom is 0.397 e. The molecule has 4 aliphatic carbocycles. The van der Waals surface area contributed by atoms with Crippen LogP contribution >= 0.6 is 0 Å². The Morgan fingerprint density at radius 3 is 2.52 bits per heavy atom. The van der Waals surface area contributed by atoms with Crippen molar-refractivity contribution in [3.63, 3.8) is 0 Å². The normalized spacial score (nSPS) is 44.7. The third-order valence-corrected chi connectivity index (χ3v) is 10.1.